The van der Waals surface area contributed by atoms with Crippen LogP contribution in [0.4, 0.5) is 4.79 Å². The minimum atomic E-state index is -0.529. The molecule has 2 aliphatic heterocycles. The van der Waals surface area contributed by atoms with E-state index in [0.717, 1.165) is 18.5 Å². The summed E-state index contributed by atoms with van der Waals surface area (Å²) in [6, 6.07) is 0. The molecule has 3 aliphatic rings. The third kappa shape index (κ3) is 6.65. The van der Waals surface area contributed by atoms with Crippen LogP contribution in [0.15, 0.2) is 59.7 Å². The van der Waals surface area contributed by atoms with Gasteiger partial charge in [-0.25, -0.2) is 4.79 Å². The molecule has 0 bridgehead atoms. The summed E-state index contributed by atoms with van der Waals surface area (Å²) in [7, 11) is 0. The molecule has 0 aromatic carbocycles. The van der Waals surface area contributed by atoms with Crippen LogP contribution < -0.4 is 0 Å². The standard InChI is InChI=1S/C24H32N2O4/c1-24(2,3)30-23(28)26-14-13-25-18-22(16-21(27)11-10-20(25)17-26)29-15-12-19-8-6-4-5-7-9-19/h4-6,8-10,18H,7,11-17H2,1-3H3/b20-10?,22-18+. The van der Waals surface area contributed by atoms with Gasteiger partial charge >= 0.3 is 6.09 Å². The van der Waals surface area contributed by atoms with Gasteiger partial charge in [-0.3, -0.25) is 4.79 Å². The van der Waals surface area contributed by atoms with E-state index in [-0.39, 0.29) is 11.9 Å². The van der Waals surface area contributed by atoms with E-state index in [1.165, 1.54) is 5.57 Å². The third-order valence-corrected chi connectivity index (χ3v) is 4.97. The summed E-state index contributed by atoms with van der Waals surface area (Å²) in [6.07, 6.45) is 16.4. The predicted molar refractivity (Wildman–Crippen MR) is 116 cm³/mol. The van der Waals surface area contributed by atoms with Gasteiger partial charge < -0.3 is 19.3 Å². The number of carbonyl (C=O) groups excluding carboxylic acids is 2. The number of fused-ring (bicyclic) bond motifs is 1. The number of ketones is 1. The molecule has 6 nitrogen and oxygen atoms in total. The monoisotopic (exact) mass is 412 g/mol. The average Bonchev–Trinajstić information content (AvgIpc) is 2.93. The molecule has 1 amide bonds. The van der Waals surface area contributed by atoms with Gasteiger partial charge in [-0.05, 0) is 32.8 Å². The molecular formula is C24H32N2O4. The Kier molecular flexibility index (Phi) is 7.19. The van der Waals surface area contributed by atoms with Gasteiger partial charge in [0.2, 0.25) is 0 Å². The summed E-state index contributed by atoms with van der Waals surface area (Å²) < 4.78 is 11.5. The Morgan fingerprint density at radius 2 is 2.00 bits per heavy atom. The van der Waals surface area contributed by atoms with E-state index in [9.17, 15) is 9.59 Å². The fourth-order valence-electron chi connectivity index (χ4n) is 3.46. The number of Topliss-reactive ketones (excluding diaryl/α,β-unsaturated/α-hetero) is 1. The molecule has 0 aromatic rings. The largest absolute Gasteiger partial charge is 0.496 e. The molecule has 0 aromatic heterocycles. The maximum atomic E-state index is 12.4. The van der Waals surface area contributed by atoms with Crippen molar-refractivity contribution in [3.63, 3.8) is 0 Å². The smallest absolute Gasteiger partial charge is 0.410 e. The van der Waals surface area contributed by atoms with Gasteiger partial charge in [0.05, 0.1) is 19.6 Å². The lowest BCUT2D eigenvalue weighted by atomic mass is 10.1. The van der Waals surface area contributed by atoms with Crippen LogP contribution in [0.3, 0.4) is 0 Å². The number of ether oxygens (including phenoxy) is 2. The van der Waals surface area contributed by atoms with Crippen molar-refractivity contribution in [1.82, 2.24) is 9.80 Å². The molecule has 1 aliphatic carbocycles. The van der Waals surface area contributed by atoms with Crippen molar-refractivity contribution < 1.29 is 19.1 Å². The number of hydrogen-bond acceptors (Lipinski definition) is 5. The molecular weight excluding hydrogens is 380 g/mol. The molecule has 2 heterocycles. The number of carbonyl (C=O) groups is 2. The molecule has 0 spiro atoms. The van der Waals surface area contributed by atoms with Crippen molar-refractivity contribution in [3.8, 4) is 0 Å². The normalized spacial score (nSPS) is 21.4. The average molecular weight is 413 g/mol. The zero-order chi connectivity index (χ0) is 21.6. The van der Waals surface area contributed by atoms with Crippen molar-refractivity contribution >= 4 is 11.9 Å². The molecule has 0 unspecified atom stereocenters. The van der Waals surface area contributed by atoms with Gasteiger partial charge in [0.25, 0.3) is 0 Å². The Morgan fingerprint density at radius 3 is 2.80 bits per heavy atom. The summed E-state index contributed by atoms with van der Waals surface area (Å²) in [6.45, 7) is 7.75. The number of nitrogens with zero attached hydrogens (tertiary/aromatic N) is 2. The summed E-state index contributed by atoms with van der Waals surface area (Å²) in [5.41, 5.74) is 1.64. The van der Waals surface area contributed by atoms with E-state index in [4.69, 9.17) is 9.47 Å². The van der Waals surface area contributed by atoms with Crippen molar-refractivity contribution in [3.05, 3.63) is 59.7 Å². The Morgan fingerprint density at radius 1 is 1.17 bits per heavy atom. The molecule has 30 heavy (non-hydrogen) atoms. The van der Waals surface area contributed by atoms with Crippen molar-refractivity contribution in [2.24, 2.45) is 0 Å². The fraction of sp³-hybridized carbons (Fsp3) is 0.500. The summed E-state index contributed by atoms with van der Waals surface area (Å²) >= 11 is 0. The molecule has 3 rings (SSSR count). The molecule has 0 radical (unpaired) electrons. The molecule has 1 fully saturated rings. The van der Waals surface area contributed by atoms with Gasteiger partial charge in [0.1, 0.15) is 17.1 Å². The van der Waals surface area contributed by atoms with E-state index in [0.29, 0.717) is 44.8 Å². The zero-order valence-corrected chi connectivity index (χ0v) is 18.2. The summed E-state index contributed by atoms with van der Waals surface area (Å²) in [5.74, 6) is 0.799. The van der Waals surface area contributed by atoms with Crippen LogP contribution in [-0.4, -0.2) is 53.5 Å². The van der Waals surface area contributed by atoms with Crippen LogP contribution in [0.1, 0.15) is 46.5 Å². The third-order valence-electron chi connectivity index (χ3n) is 4.97. The highest BCUT2D eigenvalue weighted by Crippen LogP contribution is 2.23. The Balaban J connectivity index is 1.61. The van der Waals surface area contributed by atoms with Crippen LogP contribution in [0, 0.1) is 0 Å². The lowest BCUT2D eigenvalue weighted by Crippen LogP contribution is -2.47. The molecule has 1 saturated heterocycles. The van der Waals surface area contributed by atoms with Gasteiger partial charge in [0.15, 0.2) is 0 Å². The van der Waals surface area contributed by atoms with Crippen molar-refractivity contribution in [2.45, 2.75) is 52.1 Å². The first-order chi connectivity index (χ1) is 14.3. The Bertz CT molecular complexity index is 812. The summed E-state index contributed by atoms with van der Waals surface area (Å²) in [5, 5.41) is 0. The quantitative estimate of drug-likeness (QED) is 0.682. The van der Waals surface area contributed by atoms with E-state index < -0.39 is 5.60 Å². The second-order valence-electron chi connectivity index (χ2n) is 8.71. The predicted octanol–water partition coefficient (Wildman–Crippen LogP) is 4.48. The molecule has 162 valence electrons. The van der Waals surface area contributed by atoms with E-state index in [1.54, 1.807) is 4.90 Å². The highest BCUT2D eigenvalue weighted by Gasteiger charge is 2.29. The van der Waals surface area contributed by atoms with Gasteiger partial charge in [-0.2, -0.15) is 0 Å². The van der Waals surface area contributed by atoms with Gasteiger partial charge in [0, 0.05) is 37.8 Å². The number of rotatable bonds is 4. The van der Waals surface area contributed by atoms with Crippen molar-refractivity contribution in [2.75, 3.05) is 26.2 Å². The maximum Gasteiger partial charge on any atom is 0.410 e. The minimum Gasteiger partial charge on any atom is -0.496 e. The molecule has 0 saturated carbocycles. The highest BCUT2D eigenvalue weighted by atomic mass is 16.6. The second kappa shape index (κ2) is 9.83. The van der Waals surface area contributed by atoms with E-state index in [1.807, 2.05) is 45.2 Å². The molecule has 6 heteroatoms. The Labute approximate surface area is 179 Å². The number of amides is 1. The van der Waals surface area contributed by atoms with Crippen LogP contribution in [0.25, 0.3) is 0 Å². The van der Waals surface area contributed by atoms with Gasteiger partial charge in [-0.15, -0.1) is 0 Å². The minimum absolute atomic E-state index is 0.112. The first-order valence-electron chi connectivity index (χ1n) is 10.6. The van der Waals surface area contributed by atoms with Crippen LogP contribution in [0.2, 0.25) is 0 Å². The van der Waals surface area contributed by atoms with E-state index in [2.05, 4.69) is 23.1 Å². The van der Waals surface area contributed by atoms with Crippen molar-refractivity contribution in [1.29, 1.82) is 0 Å². The molecule has 0 atom stereocenters. The topological polar surface area (TPSA) is 59.1 Å². The summed E-state index contributed by atoms with van der Waals surface area (Å²) in [4.78, 5) is 28.5. The highest BCUT2D eigenvalue weighted by molar-refractivity contribution is 5.82. The zero-order valence-electron chi connectivity index (χ0n) is 18.2. The number of piperazine rings is 1. The lowest BCUT2D eigenvalue weighted by Gasteiger charge is -2.37. The lowest BCUT2D eigenvalue weighted by molar-refractivity contribution is -0.118. The second-order valence-corrected chi connectivity index (χ2v) is 8.71. The van der Waals surface area contributed by atoms with Gasteiger partial charge in [-0.1, -0.05) is 36.5 Å². The number of allylic oxidation sites excluding steroid dienone is 7. The van der Waals surface area contributed by atoms with Crippen LogP contribution >= 0.6 is 0 Å². The first-order valence-corrected chi connectivity index (χ1v) is 10.6. The first kappa shape index (κ1) is 21.9. The number of hydrogen-bond donors (Lipinski definition) is 0. The maximum absolute atomic E-state index is 12.4. The SMILES string of the molecule is CC(C)(C)OC(=O)N1CCN2/C=C(/OCCC3=CCC=CC=C3)CC(=O)CC=C2C1. The van der Waals surface area contributed by atoms with E-state index >= 15 is 0 Å². The molecule has 0 N–H and O–H groups in total. The van der Waals surface area contributed by atoms with Crippen LogP contribution in [-0.2, 0) is 14.3 Å². The fourth-order valence-corrected chi connectivity index (χ4v) is 3.46. The van der Waals surface area contributed by atoms with Crippen LogP contribution in [0.5, 0.6) is 0 Å². The Hall–Kier alpha value is -2.76.